The largest absolute Gasteiger partial charge is 0.477 e. The van der Waals surface area contributed by atoms with Gasteiger partial charge in [-0.3, -0.25) is 0 Å². The number of aromatic carboxylic acids is 1. The summed E-state index contributed by atoms with van der Waals surface area (Å²) in [6, 6.07) is 4.99. The number of nitrogens with zero attached hydrogens (tertiary/aromatic N) is 1. The van der Waals surface area contributed by atoms with Gasteiger partial charge in [0.15, 0.2) is 5.69 Å². The zero-order valence-electron chi connectivity index (χ0n) is 12.9. The number of aromatic nitrogens is 1. The molecule has 5 heteroatoms. The first-order valence-corrected chi connectivity index (χ1v) is 7.45. The molecule has 2 rings (SSSR count). The Labute approximate surface area is 125 Å². The van der Waals surface area contributed by atoms with Crippen LogP contribution in [0.25, 0.3) is 0 Å². The van der Waals surface area contributed by atoms with Gasteiger partial charge in [-0.25, -0.2) is 9.78 Å². The Morgan fingerprint density at radius 3 is 2.76 bits per heavy atom. The van der Waals surface area contributed by atoms with E-state index in [0.717, 1.165) is 25.8 Å². The molecule has 0 radical (unpaired) electrons. The maximum absolute atomic E-state index is 10.8. The number of carbonyl (C=O) groups is 1. The number of carboxylic acids is 1. The lowest BCUT2D eigenvalue weighted by atomic mass is 9.79. The maximum atomic E-state index is 10.8. The summed E-state index contributed by atoms with van der Waals surface area (Å²) in [6.07, 6.45) is 3.68. The summed E-state index contributed by atoms with van der Waals surface area (Å²) >= 11 is 0. The molecule has 0 spiro atoms. The fourth-order valence-corrected chi connectivity index (χ4v) is 2.56. The van der Waals surface area contributed by atoms with Crippen molar-refractivity contribution < 1.29 is 14.6 Å². The van der Waals surface area contributed by atoms with Crippen LogP contribution in [0.15, 0.2) is 18.2 Å². The van der Waals surface area contributed by atoms with Crippen LogP contribution in [0, 0.1) is 5.92 Å². The molecular formula is C16H24N2O3. The van der Waals surface area contributed by atoms with E-state index in [4.69, 9.17) is 9.84 Å². The van der Waals surface area contributed by atoms with Gasteiger partial charge >= 0.3 is 5.97 Å². The van der Waals surface area contributed by atoms with Gasteiger partial charge in [0.25, 0.3) is 0 Å². The molecule has 0 amide bonds. The lowest BCUT2D eigenvalue weighted by Gasteiger charge is -2.39. The molecule has 1 aliphatic rings. The summed E-state index contributed by atoms with van der Waals surface area (Å²) in [6.45, 7) is 7.07. The zero-order chi connectivity index (χ0) is 15.5. The Balaban J connectivity index is 1.67. The molecule has 0 unspecified atom stereocenters. The van der Waals surface area contributed by atoms with Crippen LogP contribution in [0.4, 0.5) is 5.82 Å². The minimum Gasteiger partial charge on any atom is -0.477 e. The number of pyridine rings is 1. The fraction of sp³-hybridized carbons (Fsp3) is 0.625. The highest BCUT2D eigenvalue weighted by Gasteiger charge is 2.32. The smallest absolute Gasteiger partial charge is 0.354 e. The lowest BCUT2D eigenvalue weighted by Crippen LogP contribution is -2.38. The third kappa shape index (κ3) is 5.01. The maximum Gasteiger partial charge on any atom is 0.354 e. The van der Waals surface area contributed by atoms with Crippen LogP contribution in [0.2, 0.25) is 0 Å². The van der Waals surface area contributed by atoms with Crippen molar-refractivity contribution >= 4 is 11.8 Å². The van der Waals surface area contributed by atoms with Crippen LogP contribution in [-0.2, 0) is 4.74 Å². The quantitative estimate of drug-likeness (QED) is 0.842. The van der Waals surface area contributed by atoms with Gasteiger partial charge < -0.3 is 15.2 Å². The van der Waals surface area contributed by atoms with Crippen LogP contribution >= 0.6 is 0 Å². The second-order valence-electron chi connectivity index (χ2n) is 6.62. The van der Waals surface area contributed by atoms with Crippen LogP contribution < -0.4 is 5.32 Å². The predicted octanol–water partition coefficient (Wildman–Crippen LogP) is 3.18. The molecule has 1 aliphatic carbocycles. The summed E-state index contributed by atoms with van der Waals surface area (Å²) in [7, 11) is 0. The first kappa shape index (κ1) is 15.8. The number of rotatable bonds is 6. The van der Waals surface area contributed by atoms with Crippen LogP contribution in [-0.4, -0.2) is 34.3 Å². The van der Waals surface area contributed by atoms with Crippen molar-refractivity contribution in [2.24, 2.45) is 5.92 Å². The van der Waals surface area contributed by atoms with Crippen LogP contribution in [0.3, 0.4) is 0 Å². The molecule has 0 aliphatic heterocycles. The number of nitrogens with one attached hydrogen (secondary N) is 1. The summed E-state index contributed by atoms with van der Waals surface area (Å²) in [5, 5.41) is 12.1. The molecule has 1 aromatic heterocycles. The third-order valence-corrected chi connectivity index (χ3v) is 3.54. The molecule has 2 N–H and O–H groups in total. The van der Waals surface area contributed by atoms with E-state index in [2.05, 4.69) is 31.1 Å². The van der Waals surface area contributed by atoms with Gasteiger partial charge in [-0.15, -0.1) is 0 Å². The third-order valence-electron chi connectivity index (χ3n) is 3.54. The van der Waals surface area contributed by atoms with Crippen molar-refractivity contribution in [1.29, 1.82) is 0 Å². The monoisotopic (exact) mass is 292 g/mol. The topological polar surface area (TPSA) is 71.5 Å². The molecule has 0 bridgehead atoms. The first-order valence-electron chi connectivity index (χ1n) is 7.45. The minimum absolute atomic E-state index is 0.0604. The average Bonchev–Trinajstić information content (AvgIpc) is 2.34. The van der Waals surface area contributed by atoms with E-state index in [0.29, 0.717) is 17.8 Å². The van der Waals surface area contributed by atoms with E-state index in [-0.39, 0.29) is 11.3 Å². The zero-order valence-corrected chi connectivity index (χ0v) is 12.9. The number of carboxylic acid groups (broad SMARTS) is 1. The van der Waals surface area contributed by atoms with Crippen LogP contribution in [0.5, 0.6) is 0 Å². The minimum atomic E-state index is -1.00. The van der Waals surface area contributed by atoms with E-state index >= 15 is 0 Å². The van der Waals surface area contributed by atoms with Gasteiger partial charge in [-0.05, 0) is 58.1 Å². The van der Waals surface area contributed by atoms with Gasteiger partial charge in [-0.1, -0.05) is 6.07 Å². The van der Waals surface area contributed by atoms with E-state index in [1.165, 1.54) is 6.07 Å². The van der Waals surface area contributed by atoms with E-state index in [1.54, 1.807) is 12.1 Å². The Kier molecular flexibility index (Phi) is 4.83. The van der Waals surface area contributed by atoms with Gasteiger partial charge in [0.05, 0.1) is 11.7 Å². The summed E-state index contributed by atoms with van der Waals surface area (Å²) in [5.74, 6) is 0.309. The molecule has 0 aromatic carbocycles. The molecule has 116 valence electrons. The highest BCUT2D eigenvalue weighted by Crippen LogP contribution is 2.35. The molecule has 0 atom stereocenters. The van der Waals surface area contributed by atoms with E-state index in [1.807, 2.05) is 0 Å². The second-order valence-corrected chi connectivity index (χ2v) is 6.62. The molecule has 0 saturated heterocycles. The number of ether oxygens (including phenoxy) is 1. The van der Waals surface area contributed by atoms with Crippen molar-refractivity contribution in [3.05, 3.63) is 23.9 Å². The van der Waals surface area contributed by atoms with E-state index in [9.17, 15) is 4.79 Å². The van der Waals surface area contributed by atoms with Gasteiger partial charge in [0, 0.05) is 6.54 Å². The molecule has 5 nitrogen and oxygen atoms in total. The first-order chi connectivity index (χ1) is 9.83. The van der Waals surface area contributed by atoms with Crippen molar-refractivity contribution in [1.82, 2.24) is 4.98 Å². The highest BCUT2D eigenvalue weighted by atomic mass is 16.5. The van der Waals surface area contributed by atoms with Gasteiger partial charge in [0.2, 0.25) is 0 Å². The number of hydrogen-bond acceptors (Lipinski definition) is 4. The van der Waals surface area contributed by atoms with Gasteiger partial charge in [0.1, 0.15) is 5.82 Å². The number of hydrogen-bond donors (Lipinski definition) is 2. The number of anilines is 1. The summed E-state index contributed by atoms with van der Waals surface area (Å²) in [5.41, 5.74) is 0.0111. The molecule has 1 saturated carbocycles. The molecule has 1 aromatic rings. The highest BCUT2D eigenvalue weighted by molar-refractivity contribution is 5.85. The van der Waals surface area contributed by atoms with Crippen molar-refractivity contribution in [3.8, 4) is 0 Å². The van der Waals surface area contributed by atoms with Crippen molar-refractivity contribution in [3.63, 3.8) is 0 Å². The second kappa shape index (κ2) is 6.43. The van der Waals surface area contributed by atoms with Crippen molar-refractivity contribution in [2.75, 3.05) is 11.9 Å². The Morgan fingerprint density at radius 1 is 1.43 bits per heavy atom. The Bertz CT molecular complexity index is 491. The van der Waals surface area contributed by atoms with E-state index < -0.39 is 5.97 Å². The lowest BCUT2D eigenvalue weighted by molar-refractivity contribution is -0.112. The summed E-state index contributed by atoms with van der Waals surface area (Å²) < 4.78 is 5.91. The molecular weight excluding hydrogens is 268 g/mol. The standard InChI is InChI=1S/C16H24N2O3/c1-16(2,3)21-12-9-11(10-12)7-8-17-14-6-4-5-13(18-14)15(19)20/h4-6,11-12H,7-10H2,1-3H3,(H,17,18)(H,19,20). The van der Waals surface area contributed by atoms with Gasteiger partial charge in [-0.2, -0.15) is 0 Å². The predicted molar refractivity (Wildman–Crippen MR) is 81.7 cm³/mol. The SMILES string of the molecule is CC(C)(C)OC1CC(CCNc2cccc(C(=O)O)n2)C1. The van der Waals surface area contributed by atoms with Crippen LogP contribution in [0.1, 0.15) is 50.5 Å². The average molecular weight is 292 g/mol. The van der Waals surface area contributed by atoms with Crippen molar-refractivity contribution in [2.45, 2.75) is 51.7 Å². The summed E-state index contributed by atoms with van der Waals surface area (Å²) in [4.78, 5) is 14.9. The fourth-order valence-electron chi connectivity index (χ4n) is 2.56. The normalized spacial score (nSPS) is 21.7. The molecule has 21 heavy (non-hydrogen) atoms. The molecule has 1 heterocycles. The molecule has 1 fully saturated rings. The Hall–Kier alpha value is -1.62. The Morgan fingerprint density at radius 2 is 2.14 bits per heavy atom.